The van der Waals surface area contributed by atoms with Crippen LogP contribution in [0.25, 0.3) is 88.3 Å². The van der Waals surface area contributed by atoms with Crippen molar-refractivity contribution in [2.75, 3.05) is 4.90 Å². The second-order valence-electron chi connectivity index (χ2n) is 19.1. The molecular weight excluding hydrogens is 883 g/mol. The maximum absolute atomic E-state index is 6.21. The van der Waals surface area contributed by atoms with Crippen molar-refractivity contribution in [3.8, 4) is 55.6 Å². The van der Waals surface area contributed by atoms with Crippen LogP contribution in [-0.2, 0) is 5.41 Å². The van der Waals surface area contributed by atoms with Crippen molar-refractivity contribution in [3.05, 3.63) is 307 Å². The number of hydrogen-bond acceptors (Lipinski definition) is 2. The molecule has 12 aromatic carbocycles. The van der Waals surface area contributed by atoms with E-state index in [1.807, 2.05) is 12.1 Å². The third-order valence-electron chi connectivity index (χ3n) is 15.2. The fourth-order valence-electron chi connectivity index (χ4n) is 11.9. The molecule has 0 spiro atoms. The fourth-order valence-corrected chi connectivity index (χ4v) is 11.9. The van der Waals surface area contributed by atoms with Crippen molar-refractivity contribution in [2.45, 2.75) is 5.41 Å². The first kappa shape index (κ1) is 42.4. The highest BCUT2D eigenvalue weighted by atomic mass is 16.3. The number of rotatable bonds is 9. The molecule has 13 aromatic rings. The highest BCUT2D eigenvalue weighted by Gasteiger charge is 2.47. The van der Waals surface area contributed by atoms with Crippen molar-refractivity contribution in [3.63, 3.8) is 0 Å². The average Bonchev–Trinajstić information content (AvgIpc) is 4.00. The van der Waals surface area contributed by atoms with Crippen molar-refractivity contribution >= 4 is 49.8 Å². The minimum atomic E-state index is -0.510. The summed E-state index contributed by atoms with van der Waals surface area (Å²) in [7, 11) is 0. The Bertz CT molecular complexity index is 4130. The van der Waals surface area contributed by atoms with Crippen LogP contribution in [0.15, 0.2) is 290 Å². The third-order valence-corrected chi connectivity index (χ3v) is 15.2. The number of furan rings is 1. The van der Waals surface area contributed by atoms with E-state index in [-0.39, 0.29) is 0 Å². The SMILES string of the molecule is c1ccc(C2(c3ccccc3)c3ccccc3-c3c(-c4ccccc4N(c4ccc(-c5ccc(-c6cccc7ccccc67)cc5)cc4)c4ccc(-c5ccc6oc7ccccc7c6c5)cc4)cccc32)cc1. The molecule has 1 aliphatic rings. The molecule has 0 aliphatic heterocycles. The van der Waals surface area contributed by atoms with Gasteiger partial charge in [-0.15, -0.1) is 0 Å². The fraction of sp³-hybridized carbons (Fsp3) is 0.0141. The molecule has 2 nitrogen and oxygen atoms in total. The minimum absolute atomic E-state index is 0.510. The zero-order valence-electron chi connectivity index (χ0n) is 40.0. The van der Waals surface area contributed by atoms with E-state index in [0.717, 1.165) is 61.3 Å². The molecule has 1 heterocycles. The maximum Gasteiger partial charge on any atom is 0.135 e. The molecule has 1 aliphatic carbocycles. The minimum Gasteiger partial charge on any atom is -0.456 e. The number of anilines is 3. The molecule has 1 aromatic heterocycles. The van der Waals surface area contributed by atoms with Crippen LogP contribution >= 0.6 is 0 Å². The van der Waals surface area contributed by atoms with E-state index in [4.69, 9.17) is 4.42 Å². The monoisotopic (exact) mass is 929 g/mol. The lowest BCUT2D eigenvalue weighted by molar-refractivity contribution is 0.669. The highest BCUT2D eigenvalue weighted by molar-refractivity contribution is 6.06. The normalized spacial score (nSPS) is 12.5. The molecule has 0 radical (unpaired) electrons. The molecule has 73 heavy (non-hydrogen) atoms. The first-order valence-corrected chi connectivity index (χ1v) is 25.2. The quantitative estimate of drug-likeness (QED) is 0.143. The number of para-hydroxylation sites is 2. The molecule has 0 N–H and O–H groups in total. The van der Waals surface area contributed by atoms with E-state index >= 15 is 0 Å². The van der Waals surface area contributed by atoms with Crippen molar-refractivity contribution < 1.29 is 4.42 Å². The third kappa shape index (κ3) is 6.94. The van der Waals surface area contributed by atoms with Crippen LogP contribution in [0, 0.1) is 0 Å². The number of fused-ring (bicyclic) bond motifs is 7. The summed E-state index contributed by atoms with van der Waals surface area (Å²) in [6, 6.07) is 104. The lowest BCUT2D eigenvalue weighted by atomic mass is 9.67. The van der Waals surface area contributed by atoms with Crippen LogP contribution in [-0.4, -0.2) is 0 Å². The van der Waals surface area contributed by atoms with E-state index in [2.05, 4.69) is 278 Å². The highest BCUT2D eigenvalue weighted by Crippen LogP contribution is 2.59. The van der Waals surface area contributed by atoms with Gasteiger partial charge in [0.2, 0.25) is 0 Å². The van der Waals surface area contributed by atoms with Gasteiger partial charge in [-0.1, -0.05) is 237 Å². The van der Waals surface area contributed by atoms with E-state index in [1.165, 1.54) is 66.4 Å². The van der Waals surface area contributed by atoms with Crippen LogP contribution in [0.5, 0.6) is 0 Å². The van der Waals surface area contributed by atoms with Gasteiger partial charge in [-0.2, -0.15) is 0 Å². The van der Waals surface area contributed by atoms with Crippen LogP contribution in [0.4, 0.5) is 17.1 Å². The van der Waals surface area contributed by atoms with Gasteiger partial charge in [-0.3, -0.25) is 0 Å². The molecule has 342 valence electrons. The Labute approximate surface area is 425 Å². The molecule has 0 bridgehead atoms. The summed E-state index contributed by atoms with van der Waals surface area (Å²) in [5, 5.41) is 4.76. The zero-order valence-corrected chi connectivity index (χ0v) is 40.0. The largest absolute Gasteiger partial charge is 0.456 e. The molecule has 0 atom stereocenters. The second kappa shape index (κ2) is 17.4. The van der Waals surface area contributed by atoms with Crippen LogP contribution < -0.4 is 4.90 Å². The summed E-state index contributed by atoms with van der Waals surface area (Å²) < 4.78 is 6.21. The average molecular weight is 930 g/mol. The Kier molecular flexibility index (Phi) is 10.1. The molecule has 2 heteroatoms. The Balaban J connectivity index is 0.912. The van der Waals surface area contributed by atoms with Gasteiger partial charge in [-0.05, 0) is 132 Å². The summed E-state index contributed by atoms with van der Waals surface area (Å²) in [5.74, 6) is 0. The summed E-state index contributed by atoms with van der Waals surface area (Å²) >= 11 is 0. The second-order valence-corrected chi connectivity index (χ2v) is 19.1. The standard InChI is InChI=1S/C71H47NO/c1-3-19-54(20-4-1)71(55-21-5-2-6-22-55)65-29-12-9-26-63(65)70-62(28-16-30-66(70)71)60-24-10-13-31-67(60)72(57-44-39-50(40-45-57)53-41-46-69-64(47-53)61-25-11-14-32-68(61)73-69)56-42-37-49(38-43-56)48-33-35-52(36-34-48)59-27-15-18-51-17-7-8-23-58(51)59/h1-47H. The molecule has 0 saturated heterocycles. The van der Waals surface area contributed by atoms with E-state index in [9.17, 15) is 0 Å². The molecule has 0 amide bonds. The van der Waals surface area contributed by atoms with Gasteiger partial charge in [-0.25, -0.2) is 0 Å². The maximum atomic E-state index is 6.21. The molecule has 0 saturated carbocycles. The number of nitrogens with zero attached hydrogens (tertiary/aromatic N) is 1. The van der Waals surface area contributed by atoms with Crippen LogP contribution in [0.3, 0.4) is 0 Å². The van der Waals surface area contributed by atoms with Gasteiger partial charge in [0.05, 0.1) is 11.1 Å². The van der Waals surface area contributed by atoms with Crippen LogP contribution in [0.1, 0.15) is 22.3 Å². The van der Waals surface area contributed by atoms with Gasteiger partial charge in [0.25, 0.3) is 0 Å². The lowest BCUT2D eigenvalue weighted by Gasteiger charge is -2.34. The number of hydrogen-bond donors (Lipinski definition) is 0. The topological polar surface area (TPSA) is 16.4 Å². The smallest absolute Gasteiger partial charge is 0.135 e. The Morgan fingerprint density at radius 1 is 0.288 bits per heavy atom. The lowest BCUT2D eigenvalue weighted by Crippen LogP contribution is -2.28. The summed E-state index contributed by atoms with van der Waals surface area (Å²) in [4.78, 5) is 2.43. The van der Waals surface area contributed by atoms with Crippen molar-refractivity contribution in [2.24, 2.45) is 0 Å². The van der Waals surface area contributed by atoms with E-state index < -0.39 is 5.41 Å². The van der Waals surface area contributed by atoms with Gasteiger partial charge in [0, 0.05) is 27.7 Å². The Morgan fingerprint density at radius 2 is 0.767 bits per heavy atom. The molecule has 0 unspecified atom stereocenters. The summed E-state index contributed by atoms with van der Waals surface area (Å²) in [5.41, 5.74) is 21.5. The van der Waals surface area contributed by atoms with Crippen molar-refractivity contribution in [1.29, 1.82) is 0 Å². The van der Waals surface area contributed by atoms with Gasteiger partial charge in [0.15, 0.2) is 0 Å². The summed E-state index contributed by atoms with van der Waals surface area (Å²) in [6.45, 7) is 0. The van der Waals surface area contributed by atoms with E-state index in [1.54, 1.807) is 0 Å². The van der Waals surface area contributed by atoms with Crippen molar-refractivity contribution in [1.82, 2.24) is 0 Å². The predicted octanol–water partition coefficient (Wildman–Crippen LogP) is 19.2. The first-order valence-electron chi connectivity index (χ1n) is 25.2. The van der Waals surface area contributed by atoms with Gasteiger partial charge < -0.3 is 9.32 Å². The van der Waals surface area contributed by atoms with Crippen LogP contribution in [0.2, 0.25) is 0 Å². The zero-order chi connectivity index (χ0) is 48.3. The number of benzene rings is 12. The molecule has 14 rings (SSSR count). The van der Waals surface area contributed by atoms with Gasteiger partial charge >= 0.3 is 0 Å². The van der Waals surface area contributed by atoms with Gasteiger partial charge in [0.1, 0.15) is 11.2 Å². The Morgan fingerprint density at radius 3 is 1.49 bits per heavy atom. The molecule has 0 fully saturated rings. The Hall–Kier alpha value is -9.50. The summed E-state index contributed by atoms with van der Waals surface area (Å²) in [6.07, 6.45) is 0. The van der Waals surface area contributed by atoms with E-state index in [0.29, 0.717) is 0 Å². The predicted molar refractivity (Wildman–Crippen MR) is 305 cm³/mol. The first-order chi connectivity index (χ1) is 36.2. The molecular formula is C71H47NO.